The Bertz CT molecular complexity index is 1160. The highest BCUT2D eigenvalue weighted by Crippen LogP contribution is 2.40. The Labute approximate surface area is 218 Å². The Balaban J connectivity index is 1.83. The molecule has 1 aliphatic rings. The van der Waals surface area contributed by atoms with Gasteiger partial charge in [0, 0.05) is 37.9 Å². The van der Waals surface area contributed by atoms with E-state index in [2.05, 4.69) is 16.7 Å². The van der Waals surface area contributed by atoms with Crippen LogP contribution in [0.5, 0.6) is 0 Å². The molecule has 8 heteroatoms. The van der Waals surface area contributed by atoms with Gasteiger partial charge in [-0.05, 0) is 17.4 Å². The fourth-order valence-electron chi connectivity index (χ4n) is 4.98. The molecule has 198 valence electrons. The topological polar surface area (TPSA) is 87.6 Å². The second kappa shape index (κ2) is 11.4. The summed E-state index contributed by atoms with van der Waals surface area (Å²) in [6.07, 6.45) is 0.567. The summed E-state index contributed by atoms with van der Waals surface area (Å²) in [4.78, 5) is 22.1. The van der Waals surface area contributed by atoms with E-state index in [4.69, 9.17) is 10.7 Å². The standard InChI is InChI=1S/C29H38FN5O2/c1-29(2,3)26(35(18-23(30)16-31)28(37)33-15-14-24(36)19-33)27-32-25(22-12-8-5-9-13-22)20-34(27)17-21-10-6-4-7-11-21/h4-13,20,23-24,26,36H,14-19,31H2,1-3H3/t23?,24-,26+/m1/s1. The molecule has 0 bridgehead atoms. The number of urea groups is 1. The normalized spacial score (nSPS) is 17.6. The lowest BCUT2D eigenvalue weighted by Crippen LogP contribution is -2.51. The van der Waals surface area contributed by atoms with E-state index in [-0.39, 0.29) is 25.7 Å². The largest absolute Gasteiger partial charge is 0.391 e. The van der Waals surface area contributed by atoms with Crippen molar-refractivity contribution >= 4 is 6.03 Å². The molecule has 1 fully saturated rings. The monoisotopic (exact) mass is 507 g/mol. The van der Waals surface area contributed by atoms with Gasteiger partial charge in [0.05, 0.1) is 24.4 Å². The number of hydrogen-bond acceptors (Lipinski definition) is 4. The van der Waals surface area contributed by atoms with Crippen LogP contribution in [0.3, 0.4) is 0 Å². The lowest BCUT2D eigenvalue weighted by Gasteiger charge is -2.42. The third-order valence-corrected chi connectivity index (χ3v) is 6.78. The quantitative estimate of drug-likeness (QED) is 0.471. The van der Waals surface area contributed by atoms with E-state index in [1.165, 1.54) is 0 Å². The molecular formula is C29H38FN5O2. The van der Waals surface area contributed by atoms with E-state index >= 15 is 0 Å². The summed E-state index contributed by atoms with van der Waals surface area (Å²) in [6, 6.07) is 19.1. The number of β-amino-alcohol motifs (C(OH)–C–C–N with tert-alkyl or cyclic N) is 1. The van der Waals surface area contributed by atoms with Crippen LogP contribution in [0.4, 0.5) is 9.18 Å². The van der Waals surface area contributed by atoms with E-state index in [9.17, 15) is 14.3 Å². The number of carbonyl (C=O) groups excluding carboxylic acids is 1. The Kier molecular flexibility index (Phi) is 8.29. The van der Waals surface area contributed by atoms with Gasteiger partial charge in [-0.3, -0.25) is 0 Å². The summed E-state index contributed by atoms with van der Waals surface area (Å²) in [7, 11) is 0. The molecule has 0 radical (unpaired) electrons. The molecule has 3 aromatic rings. The van der Waals surface area contributed by atoms with Gasteiger partial charge in [-0.15, -0.1) is 0 Å². The van der Waals surface area contributed by atoms with Crippen molar-refractivity contribution in [3.8, 4) is 11.3 Å². The van der Waals surface area contributed by atoms with Gasteiger partial charge in [-0.2, -0.15) is 0 Å². The maximum atomic E-state index is 14.9. The zero-order chi connectivity index (χ0) is 26.6. The highest BCUT2D eigenvalue weighted by Gasteiger charge is 2.41. The molecule has 3 N–H and O–H groups in total. The Morgan fingerprint density at radius 1 is 1.16 bits per heavy atom. The van der Waals surface area contributed by atoms with Crippen molar-refractivity contribution in [2.45, 2.75) is 52.1 Å². The van der Waals surface area contributed by atoms with Crippen molar-refractivity contribution in [1.29, 1.82) is 0 Å². The van der Waals surface area contributed by atoms with Crippen LogP contribution in [-0.4, -0.2) is 68.9 Å². The summed E-state index contributed by atoms with van der Waals surface area (Å²) in [5.41, 5.74) is 8.05. The van der Waals surface area contributed by atoms with E-state index < -0.39 is 23.7 Å². The van der Waals surface area contributed by atoms with Gasteiger partial charge in [0.2, 0.25) is 0 Å². The highest BCUT2D eigenvalue weighted by molar-refractivity contribution is 5.75. The average molecular weight is 508 g/mol. The van der Waals surface area contributed by atoms with Crippen LogP contribution in [0.25, 0.3) is 11.3 Å². The Morgan fingerprint density at radius 2 is 1.81 bits per heavy atom. The van der Waals surface area contributed by atoms with Crippen molar-refractivity contribution in [2.75, 3.05) is 26.2 Å². The number of aromatic nitrogens is 2. The van der Waals surface area contributed by atoms with Gasteiger partial charge < -0.3 is 25.2 Å². The number of imidazole rings is 1. The summed E-state index contributed by atoms with van der Waals surface area (Å²) >= 11 is 0. The number of halogens is 1. The lowest BCUT2D eigenvalue weighted by atomic mass is 9.84. The van der Waals surface area contributed by atoms with Gasteiger partial charge in [-0.25, -0.2) is 14.2 Å². The first-order valence-electron chi connectivity index (χ1n) is 12.9. The van der Waals surface area contributed by atoms with Crippen LogP contribution in [0.2, 0.25) is 0 Å². The molecule has 2 amide bonds. The fraction of sp³-hybridized carbons (Fsp3) is 0.448. The van der Waals surface area contributed by atoms with Crippen LogP contribution >= 0.6 is 0 Å². The summed E-state index contributed by atoms with van der Waals surface area (Å²) in [5, 5.41) is 10.1. The summed E-state index contributed by atoms with van der Waals surface area (Å²) in [6.45, 7) is 7.01. The molecule has 0 spiro atoms. The molecule has 0 saturated carbocycles. The first kappa shape index (κ1) is 26.8. The first-order chi connectivity index (χ1) is 17.7. The second-order valence-corrected chi connectivity index (χ2v) is 10.9. The zero-order valence-corrected chi connectivity index (χ0v) is 21.9. The molecule has 1 saturated heterocycles. The van der Waals surface area contributed by atoms with Crippen molar-refractivity contribution in [3.63, 3.8) is 0 Å². The number of rotatable bonds is 8. The molecule has 7 nitrogen and oxygen atoms in total. The van der Waals surface area contributed by atoms with Gasteiger partial charge in [0.25, 0.3) is 0 Å². The number of carbonyl (C=O) groups is 1. The number of benzene rings is 2. The number of aliphatic hydroxyl groups is 1. The van der Waals surface area contributed by atoms with Gasteiger partial charge in [0.1, 0.15) is 12.0 Å². The number of alkyl halides is 1. The Morgan fingerprint density at radius 3 is 2.38 bits per heavy atom. The number of nitrogens with two attached hydrogens (primary N) is 1. The van der Waals surface area contributed by atoms with Gasteiger partial charge in [-0.1, -0.05) is 81.4 Å². The number of nitrogens with zero attached hydrogens (tertiary/aromatic N) is 4. The molecule has 0 aliphatic carbocycles. The molecular weight excluding hydrogens is 469 g/mol. The van der Waals surface area contributed by atoms with Gasteiger partial charge in [0.15, 0.2) is 0 Å². The number of hydrogen-bond donors (Lipinski definition) is 2. The van der Waals surface area contributed by atoms with Crippen LogP contribution < -0.4 is 5.73 Å². The molecule has 1 aromatic heterocycles. The predicted octanol–water partition coefficient (Wildman–Crippen LogP) is 4.47. The average Bonchev–Trinajstić information content (AvgIpc) is 3.50. The minimum Gasteiger partial charge on any atom is -0.391 e. The third kappa shape index (κ3) is 6.37. The number of amides is 2. The number of aliphatic hydroxyl groups excluding tert-OH is 1. The van der Waals surface area contributed by atoms with E-state index in [1.807, 2.05) is 75.5 Å². The van der Waals surface area contributed by atoms with E-state index in [1.54, 1.807) is 9.80 Å². The molecule has 1 unspecified atom stereocenters. The van der Waals surface area contributed by atoms with E-state index in [0.29, 0.717) is 25.3 Å². The van der Waals surface area contributed by atoms with Crippen molar-refractivity contribution in [2.24, 2.45) is 11.1 Å². The van der Waals surface area contributed by atoms with Crippen molar-refractivity contribution < 1.29 is 14.3 Å². The fourth-order valence-corrected chi connectivity index (χ4v) is 4.98. The smallest absolute Gasteiger partial charge is 0.320 e. The van der Waals surface area contributed by atoms with Crippen LogP contribution in [0, 0.1) is 5.41 Å². The van der Waals surface area contributed by atoms with Crippen LogP contribution in [-0.2, 0) is 6.54 Å². The van der Waals surface area contributed by atoms with Gasteiger partial charge >= 0.3 is 6.03 Å². The zero-order valence-electron chi connectivity index (χ0n) is 21.9. The molecule has 1 aliphatic heterocycles. The predicted molar refractivity (Wildman–Crippen MR) is 144 cm³/mol. The first-order valence-corrected chi connectivity index (χ1v) is 12.9. The minimum atomic E-state index is -1.38. The molecule has 3 atom stereocenters. The molecule has 2 heterocycles. The molecule has 4 rings (SSSR count). The maximum Gasteiger partial charge on any atom is 0.320 e. The Hall–Kier alpha value is -3.23. The van der Waals surface area contributed by atoms with E-state index in [0.717, 1.165) is 16.8 Å². The maximum absolute atomic E-state index is 14.9. The summed E-state index contributed by atoms with van der Waals surface area (Å²) < 4.78 is 16.9. The van der Waals surface area contributed by atoms with Crippen molar-refractivity contribution in [3.05, 3.63) is 78.2 Å². The lowest BCUT2D eigenvalue weighted by molar-refractivity contribution is 0.0688. The van der Waals surface area contributed by atoms with Crippen LogP contribution in [0.15, 0.2) is 66.9 Å². The molecule has 2 aromatic carbocycles. The second-order valence-electron chi connectivity index (χ2n) is 10.9. The minimum absolute atomic E-state index is 0.150. The SMILES string of the molecule is CC(C)(C)[C@H](c1nc(-c2ccccc2)cn1Cc1ccccc1)N(CC(F)CN)C(=O)N1CC[C@@H](O)C1. The van der Waals surface area contributed by atoms with Crippen LogP contribution in [0.1, 0.15) is 44.6 Å². The third-order valence-electron chi connectivity index (χ3n) is 6.78. The highest BCUT2D eigenvalue weighted by atomic mass is 19.1. The number of likely N-dealkylation sites (tertiary alicyclic amines) is 1. The summed E-state index contributed by atoms with van der Waals surface area (Å²) in [5.74, 6) is 0.688. The molecule has 37 heavy (non-hydrogen) atoms. The van der Waals surface area contributed by atoms with Crippen molar-refractivity contribution in [1.82, 2.24) is 19.4 Å².